The van der Waals surface area contributed by atoms with Gasteiger partial charge in [-0.05, 0) is 49.4 Å². The fourth-order valence-corrected chi connectivity index (χ4v) is 15.6. The quantitative estimate of drug-likeness (QED) is 0.177. The first-order valence-electron chi connectivity index (χ1n) is 15.9. The van der Waals surface area contributed by atoms with E-state index in [0.29, 0.717) is 17.1 Å². The molecule has 0 aromatic heterocycles. The molecule has 4 nitrogen and oxygen atoms in total. The van der Waals surface area contributed by atoms with Gasteiger partial charge in [0, 0.05) is 6.07 Å². The monoisotopic (exact) mass is 643 g/mol. The summed E-state index contributed by atoms with van der Waals surface area (Å²) in [6, 6.07) is 45.7. The first-order valence-corrected chi connectivity index (χ1v) is 19.7. The van der Waals surface area contributed by atoms with Crippen LogP contribution in [0.2, 0.25) is 10.1 Å². The van der Waals surface area contributed by atoms with Crippen LogP contribution in [-0.4, -0.2) is 22.5 Å². The number of aryl methyl sites for hydroxylation is 1. The minimum absolute atomic E-state index is 0.247. The summed E-state index contributed by atoms with van der Waals surface area (Å²) in [4.78, 5) is 13.1. The lowest BCUT2D eigenvalue weighted by Crippen LogP contribution is -2.69. The molecule has 0 aliphatic carbocycles. The smallest absolute Gasteiger partial charge is 0.319 e. The molecule has 0 atom stereocenters. The van der Waals surface area contributed by atoms with E-state index in [9.17, 15) is 4.79 Å². The summed E-state index contributed by atoms with van der Waals surface area (Å²) in [7, 11) is -6.06. The molecule has 0 unspecified atom stereocenters. The number of carbonyl (C=O) groups excluding carboxylic acids is 1. The van der Waals surface area contributed by atoms with E-state index in [1.54, 1.807) is 0 Å². The molecule has 5 aromatic rings. The Bertz CT molecular complexity index is 1700. The average Bonchev–Trinajstić information content (AvgIpc) is 3.03. The third kappa shape index (κ3) is 5.95. The van der Waals surface area contributed by atoms with Crippen molar-refractivity contribution in [1.82, 2.24) is 0 Å². The van der Waals surface area contributed by atoms with Crippen LogP contribution in [0.15, 0.2) is 133 Å². The molecule has 0 aliphatic rings. The normalized spacial score (nSPS) is 12.4. The summed E-state index contributed by atoms with van der Waals surface area (Å²) < 4.78 is 14.9. The van der Waals surface area contributed by atoms with Gasteiger partial charge in [0.2, 0.25) is 0 Å². The molecule has 0 heterocycles. The van der Waals surface area contributed by atoms with Crippen molar-refractivity contribution in [2.24, 2.45) is 5.73 Å². The highest BCUT2D eigenvalue weighted by Crippen LogP contribution is 2.42. The van der Waals surface area contributed by atoms with E-state index in [2.05, 4.69) is 139 Å². The molecular weight excluding hydrogens is 599 g/mol. The fourth-order valence-electron chi connectivity index (χ4n) is 6.68. The average molecular weight is 644 g/mol. The van der Waals surface area contributed by atoms with Crippen molar-refractivity contribution in [3.05, 3.63) is 145 Å². The molecule has 0 radical (unpaired) electrons. The SMILES string of the molecule is Cc1cc(C(N)=O)c(O[Si](c2ccccc2)(c2ccccc2)C(C)(C)C)cc1O[Si](c1ccccc1)(c1ccccc1)C(C)(C)C. The number of carbonyl (C=O) groups is 1. The Labute approximate surface area is 276 Å². The number of primary amides is 1. The maximum atomic E-state index is 13.1. The Kier molecular flexibility index (Phi) is 9.16. The summed E-state index contributed by atoms with van der Waals surface area (Å²) in [5, 5.41) is 4.00. The lowest BCUT2D eigenvalue weighted by atomic mass is 10.1. The van der Waals surface area contributed by atoms with E-state index in [1.807, 2.05) is 43.3 Å². The van der Waals surface area contributed by atoms with Gasteiger partial charge in [0.25, 0.3) is 5.91 Å². The summed E-state index contributed by atoms with van der Waals surface area (Å²) in [6.07, 6.45) is 0. The number of amides is 1. The summed E-state index contributed by atoms with van der Waals surface area (Å²) in [5.41, 5.74) is 7.26. The van der Waals surface area contributed by atoms with Gasteiger partial charge in [0.1, 0.15) is 11.5 Å². The fraction of sp³-hybridized carbons (Fsp3) is 0.225. The Hall–Kier alpha value is -4.40. The van der Waals surface area contributed by atoms with Crippen molar-refractivity contribution in [2.75, 3.05) is 0 Å². The number of nitrogens with two attached hydrogens (primary N) is 1. The van der Waals surface area contributed by atoms with E-state index in [-0.39, 0.29) is 10.1 Å². The predicted molar refractivity (Wildman–Crippen MR) is 196 cm³/mol. The Morgan fingerprint density at radius 1 is 0.522 bits per heavy atom. The maximum absolute atomic E-state index is 13.1. The van der Waals surface area contributed by atoms with Crippen molar-refractivity contribution in [3.63, 3.8) is 0 Å². The van der Waals surface area contributed by atoms with Crippen LogP contribution in [-0.2, 0) is 0 Å². The van der Waals surface area contributed by atoms with E-state index in [0.717, 1.165) is 15.9 Å². The number of hydrogen-bond donors (Lipinski definition) is 1. The standard InChI is InChI=1S/C40H45NO3Si2/c1-30-28-35(38(41)42)37(44-46(40(5,6)7,33-24-16-10-17-25-33)34-26-18-11-19-27-34)29-36(30)43-45(39(2,3)4,31-20-12-8-13-21-31)32-22-14-9-15-23-32/h8-29H,1-7H3,(H2,41,42). The Balaban J connectivity index is 1.78. The summed E-state index contributed by atoms with van der Waals surface area (Å²) in [5.74, 6) is 0.598. The highest BCUT2D eigenvalue weighted by molar-refractivity contribution is 7.00. The number of benzene rings is 5. The predicted octanol–water partition coefficient (Wildman–Crippen LogP) is 6.97. The Morgan fingerprint density at radius 3 is 1.11 bits per heavy atom. The number of rotatable bonds is 9. The summed E-state index contributed by atoms with van der Waals surface area (Å²) in [6.45, 7) is 15.4. The van der Waals surface area contributed by atoms with Gasteiger partial charge in [0.05, 0.1) is 5.56 Å². The van der Waals surface area contributed by atoms with Crippen LogP contribution >= 0.6 is 0 Å². The van der Waals surface area contributed by atoms with Crippen molar-refractivity contribution in [2.45, 2.75) is 58.5 Å². The van der Waals surface area contributed by atoms with Crippen molar-refractivity contribution >= 4 is 43.3 Å². The van der Waals surface area contributed by atoms with Crippen LogP contribution in [0.4, 0.5) is 0 Å². The van der Waals surface area contributed by atoms with Gasteiger partial charge >= 0.3 is 16.6 Å². The maximum Gasteiger partial charge on any atom is 0.319 e. The second-order valence-corrected chi connectivity index (χ2v) is 22.5. The minimum atomic E-state index is -3.08. The largest absolute Gasteiger partial charge is 0.534 e. The second-order valence-electron chi connectivity index (χ2n) is 14.0. The van der Waals surface area contributed by atoms with Crippen LogP contribution in [0.5, 0.6) is 11.5 Å². The zero-order chi connectivity index (χ0) is 33.2. The zero-order valence-electron chi connectivity index (χ0n) is 28.0. The van der Waals surface area contributed by atoms with Crippen molar-refractivity contribution in [1.29, 1.82) is 0 Å². The van der Waals surface area contributed by atoms with Gasteiger partial charge in [-0.3, -0.25) is 4.79 Å². The molecule has 0 spiro atoms. The van der Waals surface area contributed by atoms with Crippen LogP contribution in [0.25, 0.3) is 0 Å². The molecule has 5 aromatic carbocycles. The Morgan fingerprint density at radius 2 is 0.826 bits per heavy atom. The van der Waals surface area contributed by atoms with Gasteiger partial charge in [-0.1, -0.05) is 163 Å². The second kappa shape index (κ2) is 12.8. The lowest BCUT2D eigenvalue weighted by molar-refractivity contribution is 0.0998. The third-order valence-corrected chi connectivity index (χ3v) is 18.8. The first kappa shape index (κ1) is 33.0. The molecule has 236 valence electrons. The molecule has 5 rings (SSSR count). The third-order valence-electron chi connectivity index (χ3n) is 8.90. The topological polar surface area (TPSA) is 61.6 Å². The molecule has 0 saturated carbocycles. The lowest BCUT2D eigenvalue weighted by Gasteiger charge is -2.44. The zero-order valence-corrected chi connectivity index (χ0v) is 30.0. The van der Waals surface area contributed by atoms with Crippen LogP contribution in [0, 0.1) is 6.92 Å². The van der Waals surface area contributed by atoms with Gasteiger partial charge in [-0.2, -0.15) is 0 Å². The van der Waals surface area contributed by atoms with Crippen molar-refractivity contribution < 1.29 is 13.6 Å². The molecule has 6 heteroatoms. The molecule has 0 bridgehead atoms. The van der Waals surface area contributed by atoms with Gasteiger partial charge in [-0.25, -0.2) is 0 Å². The molecule has 2 N–H and O–H groups in total. The highest BCUT2D eigenvalue weighted by Gasteiger charge is 2.54. The molecule has 46 heavy (non-hydrogen) atoms. The van der Waals surface area contributed by atoms with Gasteiger partial charge in [0.15, 0.2) is 0 Å². The number of hydrogen-bond acceptors (Lipinski definition) is 3. The van der Waals surface area contributed by atoms with Crippen LogP contribution in [0.3, 0.4) is 0 Å². The van der Waals surface area contributed by atoms with E-state index in [4.69, 9.17) is 14.6 Å². The molecular formula is C40H45NO3Si2. The van der Waals surface area contributed by atoms with Gasteiger partial charge in [-0.15, -0.1) is 0 Å². The van der Waals surface area contributed by atoms with Gasteiger partial charge < -0.3 is 14.6 Å². The minimum Gasteiger partial charge on any atom is -0.534 e. The van der Waals surface area contributed by atoms with Crippen LogP contribution in [0.1, 0.15) is 57.5 Å². The van der Waals surface area contributed by atoms with E-state index >= 15 is 0 Å². The highest BCUT2D eigenvalue weighted by atomic mass is 28.4. The van der Waals surface area contributed by atoms with E-state index in [1.165, 1.54) is 10.4 Å². The van der Waals surface area contributed by atoms with Crippen molar-refractivity contribution in [3.8, 4) is 11.5 Å². The molecule has 1 amide bonds. The molecule has 0 saturated heterocycles. The molecule has 0 fully saturated rings. The summed E-state index contributed by atoms with van der Waals surface area (Å²) >= 11 is 0. The van der Waals surface area contributed by atoms with E-state index < -0.39 is 22.5 Å². The van der Waals surface area contributed by atoms with Crippen LogP contribution < -0.4 is 35.3 Å². The first-order chi connectivity index (χ1) is 21.8. The molecule has 0 aliphatic heterocycles.